The van der Waals surface area contributed by atoms with Gasteiger partial charge in [0.25, 0.3) is 0 Å². The summed E-state index contributed by atoms with van der Waals surface area (Å²) < 4.78 is 10.4. The standard InChI is InChI=1S/C17H28N4O4S/c1-17(2,3)25-16(23)21-8-7-20(10-12(21)9-19(4)5)14-13(15(22)24-6)18-11-26-14/h11-12H,7-10H2,1-6H3/t12-/m1/s1. The van der Waals surface area contributed by atoms with E-state index in [1.165, 1.54) is 18.4 Å². The van der Waals surface area contributed by atoms with Gasteiger partial charge in [0.2, 0.25) is 0 Å². The fraction of sp³-hybridized carbons (Fsp3) is 0.706. The number of thiazole rings is 1. The summed E-state index contributed by atoms with van der Waals surface area (Å²) in [7, 11) is 5.29. The van der Waals surface area contributed by atoms with Crippen molar-refractivity contribution >= 4 is 28.4 Å². The van der Waals surface area contributed by atoms with Crippen LogP contribution in [0.1, 0.15) is 31.3 Å². The van der Waals surface area contributed by atoms with Crippen molar-refractivity contribution in [3.05, 3.63) is 11.2 Å². The van der Waals surface area contributed by atoms with Crippen LogP contribution in [0.25, 0.3) is 0 Å². The molecule has 2 heterocycles. The topological polar surface area (TPSA) is 75.2 Å². The average molecular weight is 385 g/mol. The Kier molecular flexibility index (Phi) is 6.46. The molecule has 9 heteroatoms. The number of hydrogen-bond donors (Lipinski definition) is 0. The van der Waals surface area contributed by atoms with Crippen LogP contribution in [0.4, 0.5) is 9.80 Å². The van der Waals surface area contributed by atoms with Crippen molar-refractivity contribution in [2.75, 3.05) is 52.3 Å². The number of aromatic nitrogens is 1. The molecule has 0 N–H and O–H groups in total. The molecule has 0 radical (unpaired) electrons. The molecule has 1 atom stereocenters. The Bertz CT molecular complexity index is 641. The number of methoxy groups -OCH3 is 1. The molecule has 146 valence electrons. The van der Waals surface area contributed by atoms with Gasteiger partial charge in [0.1, 0.15) is 10.6 Å². The zero-order valence-electron chi connectivity index (χ0n) is 16.3. The third-order valence-corrected chi connectivity index (χ3v) is 4.79. The van der Waals surface area contributed by atoms with Crippen LogP contribution >= 0.6 is 11.3 Å². The van der Waals surface area contributed by atoms with Crippen LogP contribution in [-0.4, -0.2) is 85.9 Å². The van der Waals surface area contributed by atoms with E-state index in [-0.39, 0.29) is 12.1 Å². The zero-order chi connectivity index (χ0) is 19.5. The monoisotopic (exact) mass is 384 g/mol. The molecule has 0 spiro atoms. The van der Waals surface area contributed by atoms with Gasteiger partial charge in [-0.1, -0.05) is 0 Å². The Morgan fingerprint density at radius 3 is 2.62 bits per heavy atom. The van der Waals surface area contributed by atoms with Crippen LogP contribution < -0.4 is 4.90 Å². The largest absolute Gasteiger partial charge is 0.464 e. The summed E-state index contributed by atoms with van der Waals surface area (Å²) in [5.74, 6) is -0.444. The molecule has 0 unspecified atom stereocenters. The van der Waals surface area contributed by atoms with Gasteiger partial charge < -0.3 is 24.2 Å². The first-order valence-corrected chi connectivity index (χ1v) is 9.41. The lowest BCUT2D eigenvalue weighted by molar-refractivity contribution is 0.0115. The number of esters is 1. The van der Waals surface area contributed by atoms with E-state index in [2.05, 4.69) is 9.88 Å². The molecule has 0 aliphatic carbocycles. The van der Waals surface area contributed by atoms with Crippen molar-refractivity contribution in [2.45, 2.75) is 32.4 Å². The zero-order valence-corrected chi connectivity index (χ0v) is 17.1. The van der Waals surface area contributed by atoms with Crippen molar-refractivity contribution in [2.24, 2.45) is 0 Å². The van der Waals surface area contributed by atoms with Gasteiger partial charge in [0.05, 0.1) is 18.7 Å². The lowest BCUT2D eigenvalue weighted by atomic mass is 10.1. The second-order valence-corrected chi connectivity index (χ2v) is 8.37. The highest BCUT2D eigenvalue weighted by Crippen LogP contribution is 2.29. The van der Waals surface area contributed by atoms with E-state index in [0.29, 0.717) is 31.9 Å². The highest BCUT2D eigenvalue weighted by molar-refractivity contribution is 7.14. The first-order valence-electron chi connectivity index (χ1n) is 8.53. The number of nitrogens with zero attached hydrogens (tertiary/aromatic N) is 4. The van der Waals surface area contributed by atoms with Gasteiger partial charge in [-0.2, -0.15) is 0 Å². The maximum absolute atomic E-state index is 12.6. The molecule has 8 nitrogen and oxygen atoms in total. The molecule has 1 fully saturated rings. The Labute approximate surface area is 158 Å². The average Bonchev–Trinajstić information content (AvgIpc) is 3.01. The third-order valence-electron chi connectivity index (χ3n) is 3.90. The molecule has 1 saturated heterocycles. The van der Waals surface area contributed by atoms with Crippen LogP contribution in [0.15, 0.2) is 5.51 Å². The van der Waals surface area contributed by atoms with Gasteiger partial charge in [-0.05, 0) is 34.9 Å². The first kappa shape index (κ1) is 20.4. The molecule has 1 aromatic heterocycles. The van der Waals surface area contributed by atoms with Crippen molar-refractivity contribution in [3.8, 4) is 0 Å². The van der Waals surface area contributed by atoms with Crippen LogP contribution in [-0.2, 0) is 9.47 Å². The van der Waals surface area contributed by atoms with Crippen molar-refractivity contribution in [1.82, 2.24) is 14.8 Å². The summed E-state index contributed by atoms with van der Waals surface area (Å²) in [4.78, 5) is 34.6. The Morgan fingerprint density at radius 1 is 1.35 bits per heavy atom. The molecule has 0 saturated carbocycles. The second kappa shape index (κ2) is 8.22. The number of carbonyl (C=O) groups excluding carboxylic acids is 2. The van der Waals surface area contributed by atoms with Crippen LogP contribution in [0.5, 0.6) is 0 Å². The number of ether oxygens (including phenoxy) is 2. The number of amides is 1. The number of anilines is 1. The summed E-state index contributed by atoms with van der Waals surface area (Å²) in [6.07, 6.45) is -0.304. The molecular formula is C17H28N4O4S. The van der Waals surface area contributed by atoms with E-state index in [1.54, 1.807) is 10.4 Å². The maximum Gasteiger partial charge on any atom is 0.410 e. The number of piperazine rings is 1. The number of carbonyl (C=O) groups is 2. The number of hydrogen-bond acceptors (Lipinski definition) is 8. The van der Waals surface area contributed by atoms with E-state index in [1.807, 2.05) is 39.8 Å². The molecule has 0 aromatic carbocycles. The summed E-state index contributed by atoms with van der Waals surface area (Å²) in [6.45, 7) is 8.01. The highest BCUT2D eigenvalue weighted by Gasteiger charge is 2.35. The predicted octanol–water partition coefficient (Wildman–Crippen LogP) is 1.92. The fourth-order valence-corrected chi connectivity index (χ4v) is 3.70. The van der Waals surface area contributed by atoms with E-state index in [4.69, 9.17) is 9.47 Å². The van der Waals surface area contributed by atoms with Gasteiger partial charge in [0, 0.05) is 26.2 Å². The minimum absolute atomic E-state index is 0.0544. The van der Waals surface area contributed by atoms with E-state index in [0.717, 1.165) is 5.00 Å². The molecule has 1 aliphatic heterocycles. The summed E-state index contributed by atoms with van der Waals surface area (Å²) >= 11 is 1.41. The van der Waals surface area contributed by atoms with Gasteiger partial charge >= 0.3 is 12.1 Å². The first-order chi connectivity index (χ1) is 12.1. The van der Waals surface area contributed by atoms with Crippen LogP contribution in [0, 0.1) is 0 Å². The van der Waals surface area contributed by atoms with E-state index >= 15 is 0 Å². The summed E-state index contributed by atoms with van der Waals surface area (Å²) in [5.41, 5.74) is 1.43. The minimum atomic E-state index is -0.535. The van der Waals surface area contributed by atoms with Crippen LogP contribution in [0.3, 0.4) is 0 Å². The normalized spacial score (nSPS) is 18.2. The van der Waals surface area contributed by atoms with E-state index < -0.39 is 11.6 Å². The summed E-state index contributed by atoms with van der Waals surface area (Å²) in [5, 5.41) is 0.782. The Balaban J connectivity index is 2.18. The molecule has 26 heavy (non-hydrogen) atoms. The second-order valence-electron chi connectivity index (χ2n) is 7.53. The van der Waals surface area contributed by atoms with Gasteiger partial charge in [-0.25, -0.2) is 14.6 Å². The van der Waals surface area contributed by atoms with Crippen molar-refractivity contribution < 1.29 is 19.1 Å². The van der Waals surface area contributed by atoms with Gasteiger partial charge in [-0.3, -0.25) is 0 Å². The molecule has 1 amide bonds. The smallest absolute Gasteiger partial charge is 0.410 e. The SMILES string of the molecule is COC(=O)c1ncsc1N1CCN(C(=O)OC(C)(C)C)[C@H](CN(C)C)C1. The lowest BCUT2D eigenvalue weighted by Crippen LogP contribution is -2.59. The molecule has 1 aliphatic rings. The van der Waals surface area contributed by atoms with Gasteiger partial charge in [-0.15, -0.1) is 11.3 Å². The maximum atomic E-state index is 12.6. The quantitative estimate of drug-likeness (QED) is 0.734. The highest BCUT2D eigenvalue weighted by atomic mass is 32.1. The molecule has 0 bridgehead atoms. The van der Waals surface area contributed by atoms with Crippen LogP contribution in [0.2, 0.25) is 0 Å². The van der Waals surface area contributed by atoms with E-state index in [9.17, 15) is 9.59 Å². The van der Waals surface area contributed by atoms with Crippen molar-refractivity contribution in [1.29, 1.82) is 0 Å². The molecule has 2 rings (SSSR count). The lowest BCUT2D eigenvalue weighted by Gasteiger charge is -2.43. The van der Waals surface area contributed by atoms with Crippen molar-refractivity contribution in [3.63, 3.8) is 0 Å². The van der Waals surface area contributed by atoms with Gasteiger partial charge in [0.15, 0.2) is 5.69 Å². The predicted molar refractivity (Wildman–Crippen MR) is 101 cm³/mol. The summed E-state index contributed by atoms with van der Waals surface area (Å²) in [6, 6.07) is -0.0544. The Morgan fingerprint density at radius 2 is 2.04 bits per heavy atom. The third kappa shape index (κ3) is 5.07. The minimum Gasteiger partial charge on any atom is -0.464 e. The molecule has 1 aromatic rings. The molecular weight excluding hydrogens is 356 g/mol. The number of rotatable bonds is 4. The fourth-order valence-electron chi connectivity index (χ4n) is 2.88. The Hall–Kier alpha value is -1.87. The number of likely N-dealkylation sites (N-methyl/N-ethyl adjacent to an activating group) is 1.